The molecule has 0 spiro atoms. The van der Waals surface area contributed by atoms with Crippen LogP contribution in [0.5, 0.6) is 0 Å². The third kappa shape index (κ3) is 4.89. The fraction of sp³-hybridized carbons (Fsp3) is 1.00. The van der Waals surface area contributed by atoms with Crippen LogP contribution in [0.25, 0.3) is 0 Å². The third-order valence-corrected chi connectivity index (χ3v) is 4.27. The van der Waals surface area contributed by atoms with Crippen molar-refractivity contribution in [3.05, 3.63) is 0 Å². The van der Waals surface area contributed by atoms with E-state index in [0.29, 0.717) is 4.75 Å². The Balaban J connectivity index is 3.68. The highest BCUT2D eigenvalue weighted by atomic mass is 32.2. The summed E-state index contributed by atoms with van der Waals surface area (Å²) in [4.78, 5) is 0. The molecule has 2 nitrogen and oxygen atoms in total. The van der Waals surface area contributed by atoms with Crippen molar-refractivity contribution < 1.29 is 5.11 Å². The van der Waals surface area contributed by atoms with Gasteiger partial charge in [0.15, 0.2) is 0 Å². The van der Waals surface area contributed by atoms with Gasteiger partial charge in [0.25, 0.3) is 0 Å². The van der Waals surface area contributed by atoms with Gasteiger partial charge in [0.05, 0.1) is 0 Å². The summed E-state index contributed by atoms with van der Waals surface area (Å²) in [6.07, 6.45) is 5.45. The average molecular weight is 205 g/mol. The second-order valence-corrected chi connectivity index (χ2v) is 4.62. The van der Waals surface area contributed by atoms with Gasteiger partial charge in [-0.1, -0.05) is 13.8 Å². The second kappa shape index (κ2) is 7.65. The molecule has 0 aliphatic rings. The van der Waals surface area contributed by atoms with E-state index in [1.54, 1.807) is 0 Å². The van der Waals surface area contributed by atoms with E-state index in [-0.39, 0.29) is 6.61 Å². The number of aliphatic hydroxyl groups excluding tert-OH is 1. The Morgan fingerprint density at radius 1 is 1.31 bits per heavy atom. The Hall–Kier alpha value is 0.270. The van der Waals surface area contributed by atoms with E-state index in [2.05, 4.69) is 25.4 Å². The zero-order valence-corrected chi connectivity index (χ0v) is 9.91. The minimum atomic E-state index is 0.289. The van der Waals surface area contributed by atoms with Gasteiger partial charge in [-0.05, 0) is 32.1 Å². The maximum absolute atomic E-state index is 8.62. The maximum Gasteiger partial charge on any atom is 0.0443 e. The molecule has 0 aromatic rings. The smallest absolute Gasteiger partial charge is 0.0443 e. The number of hydrogen-bond donors (Lipinski definition) is 2. The number of aliphatic hydroxyl groups is 1. The summed E-state index contributed by atoms with van der Waals surface area (Å²) >= 11 is 1.95. The van der Waals surface area contributed by atoms with Gasteiger partial charge in [-0.15, -0.1) is 0 Å². The molecular weight excluding hydrogens is 182 g/mol. The van der Waals surface area contributed by atoms with Crippen molar-refractivity contribution in [1.29, 1.82) is 0 Å². The normalized spacial score (nSPS) is 12.0. The van der Waals surface area contributed by atoms with Crippen LogP contribution in [-0.2, 0) is 0 Å². The maximum atomic E-state index is 8.62. The number of hydrogen-bond acceptors (Lipinski definition) is 3. The van der Waals surface area contributed by atoms with Gasteiger partial charge in [0, 0.05) is 17.9 Å². The summed E-state index contributed by atoms with van der Waals surface area (Å²) in [5.41, 5.74) is 0. The van der Waals surface area contributed by atoms with Gasteiger partial charge >= 0.3 is 0 Å². The Kier molecular flexibility index (Phi) is 7.81. The van der Waals surface area contributed by atoms with Crippen LogP contribution < -0.4 is 5.32 Å². The number of rotatable bonds is 8. The molecule has 80 valence electrons. The lowest BCUT2D eigenvalue weighted by molar-refractivity contribution is 0.285. The summed E-state index contributed by atoms with van der Waals surface area (Å²) in [5, 5.41) is 12.0. The highest BCUT2D eigenvalue weighted by Gasteiger charge is 2.23. The molecule has 0 aliphatic carbocycles. The topological polar surface area (TPSA) is 32.3 Å². The summed E-state index contributed by atoms with van der Waals surface area (Å²) in [5.74, 6) is 0. The lowest BCUT2D eigenvalue weighted by atomic mass is 10.0. The van der Waals surface area contributed by atoms with Gasteiger partial charge < -0.3 is 10.4 Å². The quantitative estimate of drug-likeness (QED) is 0.593. The summed E-state index contributed by atoms with van der Waals surface area (Å²) < 4.78 is 0.398. The first-order valence-electron chi connectivity index (χ1n) is 5.11. The Morgan fingerprint density at radius 3 is 2.31 bits per heavy atom. The van der Waals surface area contributed by atoms with Crippen LogP contribution in [0.4, 0.5) is 0 Å². The standard InChI is InChI=1S/C10H23NOS/c1-4-10(5-2,13-3)9-11-7-6-8-12/h11-12H,4-9H2,1-3H3. The summed E-state index contributed by atoms with van der Waals surface area (Å²) in [6, 6.07) is 0. The second-order valence-electron chi connectivity index (χ2n) is 3.35. The highest BCUT2D eigenvalue weighted by molar-refractivity contribution is 8.00. The van der Waals surface area contributed by atoms with Crippen molar-refractivity contribution in [1.82, 2.24) is 5.32 Å². The largest absolute Gasteiger partial charge is 0.396 e. The number of thioether (sulfide) groups is 1. The van der Waals surface area contributed by atoms with Crippen LogP contribution in [0.15, 0.2) is 0 Å². The lowest BCUT2D eigenvalue weighted by Gasteiger charge is -2.29. The fourth-order valence-electron chi connectivity index (χ4n) is 1.38. The molecule has 0 unspecified atom stereocenters. The van der Waals surface area contributed by atoms with Crippen LogP contribution in [0.1, 0.15) is 33.1 Å². The molecule has 13 heavy (non-hydrogen) atoms. The Bertz CT molecular complexity index is 107. The van der Waals surface area contributed by atoms with Crippen LogP contribution in [0.3, 0.4) is 0 Å². The van der Waals surface area contributed by atoms with Crippen LogP contribution in [0.2, 0.25) is 0 Å². The van der Waals surface area contributed by atoms with Crippen LogP contribution in [-0.4, -0.2) is 35.8 Å². The van der Waals surface area contributed by atoms with Gasteiger partial charge in [0.2, 0.25) is 0 Å². The van der Waals surface area contributed by atoms with E-state index in [9.17, 15) is 0 Å². The van der Waals surface area contributed by atoms with E-state index in [1.165, 1.54) is 12.8 Å². The molecule has 0 aliphatic heterocycles. The number of nitrogens with one attached hydrogen (secondary N) is 1. The molecule has 0 bridgehead atoms. The van der Waals surface area contributed by atoms with Gasteiger partial charge in [-0.2, -0.15) is 11.8 Å². The Morgan fingerprint density at radius 2 is 1.92 bits per heavy atom. The van der Waals surface area contributed by atoms with E-state index in [0.717, 1.165) is 19.5 Å². The molecule has 0 amide bonds. The minimum absolute atomic E-state index is 0.289. The van der Waals surface area contributed by atoms with E-state index >= 15 is 0 Å². The highest BCUT2D eigenvalue weighted by Crippen LogP contribution is 2.29. The first-order chi connectivity index (χ1) is 6.24. The SMILES string of the molecule is CCC(CC)(CNCCCO)SC. The predicted octanol–water partition coefficient (Wildman–Crippen LogP) is 1.88. The molecule has 0 saturated heterocycles. The molecule has 0 heterocycles. The summed E-state index contributed by atoms with van der Waals surface area (Å²) in [6.45, 7) is 6.76. The van der Waals surface area contributed by atoms with Crippen molar-refractivity contribution in [3.8, 4) is 0 Å². The van der Waals surface area contributed by atoms with Gasteiger partial charge in [-0.3, -0.25) is 0 Å². The molecule has 0 atom stereocenters. The molecule has 0 saturated carbocycles. The Labute approximate surface area is 86.5 Å². The van der Waals surface area contributed by atoms with Crippen LogP contribution >= 0.6 is 11.8 Å². The third-order valence-electron chi connectivity index (χ3n) is 2.68. The van der Waals surface area contributed by atoms with Crippen molar-refractivity contribution >= 4 is 11.8 Å². The van der Waals surface area contributed by atoms with E-state index < -0.39 is 0 Å². The summed E-state index contributed by atoms with van der Waals surface area (Å²) in [7, 11) is 0. The van der Waals surface area contributed by atoms with Gasteiger partial charge in [0.1, 0.15) is 0 Å². The fourth-order valence-corrected chi connectivity index (χ4v) is 2.20. The van der Waals surface area contributed by atoms with Crippen LogP contribution in [0, 0.1) is 0 Å². The predicted molar refractivity (Wildman–Crippen MR) is 61.4 cm³/mol. The molecule has 3 heteroatoms. The van der Waals surface area contributed by atoms with Crippen molar-refractivity contribution in [2.75, 3.05) is 26.0 Å². The lowest BCUT2D eigenvalue weighted by Crippen LogP contribution is -2.37. The molecule has 0 fully saturated rings. The van der Waals surface area contributed by atoms with E-state index in [4.69, 9.17) is 5.11 Å². The molecule has 2 N–H and O–H groups in total. The molecule has 0 aromatic carbocycles. The zero-order valence-electron chi connectivity index (χ0n) is 9.10. The van der Waals surface area contributed by atoms with Crippen molar-refractivity contribution in [3.63, 3.8) is 0 Å². The molecule has 0 aromatic heterocycles. The molecule has 0 rings (SSSR count). The van der Waals surface area contributed by atoms with E-state index in [1.807, 2.05) is 11.8 Å². The minimum Gasteiger partial charge on any atom is -0.396 e. The molecule has 0 radical (unpaired) electrons. The first kappa shape index (κ1) is 13.3. The average Bonchev–Trinajstić information content (AvgIpc) is 2.20. The first-order valence-corrected chi connectivity index (χ1v) is 6.34. The van der Waals surface area contributed by atoms with Gasteiger partial charge in [-0.25, -0.2) is 0 Å². The molecular formula is C10H23NOS. The zero-order chi connectivity index (χ0) is 10.2. The monoisotopic (exact) mass is 205 g/mol. The van der Waals surface area contributed by atoms with Crippen molar-refractivity contribution in [2.45, 2.75) is 37.9 Å². The van der Waals surface area contributed by atoms with Crippen molar-refractivity contribution in [2.24, 2.45) is 0 Å².